The van der Waals surface area contributed by atoms with E-state index in [1.165, 1.54) is 20.8 Å². The highest BCUT2D eigenvalue weighted by molar-refractivity contribution is 7.17. The molecule has 1 aliphatic rings. The van der Waals surface area contributed by atoms with Gasteiger partial charge in [-0.15, -0.1) is 5.10 Å². The maximum Gasteiger partial charge on any atom is 0.314 e. The van der Waals surface area contributed by atoms with Gasteiger partial charge in [0.15, 0.2) is 6.04 Å². The van der Waals surface area contributed by atoms with E-state index in [0.29, 0.717) is 23.9 Å². The van der Waals surface area contributed by atoms with E-state index < -0.39 is 0 Å². The molecular formula is C21H27N4O3S+. The highest BCUT2D eigenvalue weighted by Gasteiger charge is 2.39. The predicted octanol–water partition coefficient (Wildman–Crippen LogP) is 2.06. The van der Waals surface area contributed by atoms with Gasteiger partial charge >= 0.3 is 5.97 Å². The van der Waals surface area contributed by atoms with Crippen LogP contribution in [0.15, 0.2) is 24.3 Å². The zero-order chi connectivity index (χ0) is 20.5. The van der Waals surface area contributed by atoms with Gasteiger partial charge in [-0.25, -0.2) is 4.98 Å². The molecule has 2 N–H and O–H groups in total. The average molecular weight is 416 g/mol. The second kappa shape index (κ2) is 8.12. The Morgan fingerprint density at radius 2 is 2.21 bits per heavy atom. The molecule has 1 fully saturated rings. The van der Waals surface area contributed by atoms with Crippen LogP contribution < -0.4 is 4.90 Å². The molecule has 0 aliphatic carbocycles. The van der Waals surface area contributed by atoms with E-state index in [1.54, 1.807) is 0 Å². The lowest BCUT2D eigenvalue weighted by atomic mass is 9.92. The number of fused-ring (bicyclic) bond motifs is 1. The van der Waals surface area contributed by atoms with Crippen molar-refractivity contribution in [3.05, 3.63) is 46.1 Å². The normalized spacial score (nSPS) is 20.7. The van der Waals surface area contributed by atoms with Crippen molar-refractivity contribution >= 4 is 22.3 Å². The molecule has 3 atom stereocenters. The first kappa shape index (κ1) is 19.8. The number of aromatic nitrogens is 3. The van der Waals surface area contributed by atoms with Crippen molar-refractivity contribution in [3.8, 4) is 5.88 Å². The number of nitrogens with zero attached hydrogens (tertiary/aromatic N) is 3. The minimum Gasteiger partial charge on any atom is -0.492 e. The number of aryl methyl sites for hydroxylation is 2. The number of ether oxygens (including phenoxy) is 1. The smallest absolute Gasteiger partial charge is 0.314 e. The van der Waals surface area contributed by atoms with Gasteiger partial charge in [0.25, 0.3) is 0 Å². The number of nitrogens with one attached hydrogen (secondary N) is 1. The van der Waals surface area contributed by atoms with E-state index in [9.17, 15) is 9.90 Å². The molecular weight excluding hydrogens is 388 g/mol. The number of carbonyl (C=O) groups is 1. The minimum absolute atomic E-state index is 0.0813. The summed E-state index contributed by atoms with van der Waals surface area (Å²) in [7, 11) is 0. The molecule has 154 valence electrons. The zero-order valence-electron chi connectivity index (χ0n) is 17.0. The number of aromatic hydroxyl groups is 1. The summed E-state index contributed by atoms with van der Waals surface area (Å²) in [6.07, 6.45) is 1.80. The number of hydrogen-bond acceptors (Lipinski definition) is 6. The van der Waals surface area contributed by atoms with Crippen molar-refractivity contribution in [1.29, 1.82) is 0 Å². The molecule has 1 aliphatic heterocycles. The molecule has 0 spiro atoms. The minimum atomic E-state index is -0.115. The number of benzene rings is 1. The number of quaternary nitrogens is 1. The Morgan fingerprint density at radius 1 is 1.41 bits per heavy atom. The van der Waals surface area contributed by atoms with Gasteiger partial charge in [-0.3, -0.25) is 4.79 Å². The summed E-state index contributed by atoms with van der Waals surface area (Å²) in [5.41, 5.74) is 2.32. The SMILES string of the molecule is CCOC(=O)[C@@H]1CCC[NH+]([C@@H](c2ccccc2C)c2sc3nc(C)nn3c2O)C1. The standard InChI is InChI=1S/C21H26N4O3S/c1-4-28-20(27)15-9-7-11-24(12-15)17(16-10-6-5-8-13(16)2)18-19(26)25-21(29-18)22-14(3)23-25/h5-6,8,10,15,17,26H,4,7,9,11-12H2,1-3H3/p+1/t15-,17+/m1/s1. The maximum absolute atomic E-state index is 12.4. The van der Waals surface area contributed by atoms with E-state index in [2.05, 4.69) is 29.1 Å². The summed E-state index contributed by atoms with van der Waals surface area (Å²) in [6, 6.07) is 8.17. The molecule has 1 saturated heterocycles. The fourth-order valence-corrected chi connectivity index (χ4v) is 5.49. The molecule has 7 nitrogen and oxygen atoms in total. The quantitative estimate of drug-likeness (QED) is 0.624. The molecule has 0 amide bonds. The molecule has 3 heterocycles. The van der Waals surface area contributed by atoms with Gasteiger partial charge < -0.3 is 14.7 Å². The van der Waals surface area contributed by atoms with Gasteiger partial charge in [-0.05, 0) is 39.2 Å². The van der Waals surface area contributed by atoms with Crippen LogP contribution in [0.3, 0.4) is 0 Å². The number of rotatable bonds is 5. The Labute approximate surface area is 173 Å². The lowest BCUT2D eigenvalue weighted by Gasteiger charge is -2.34. The van der Waals surface area contributed by atoms with Gasteiger partial charge in [-0.2, -0.15) is 4.52 Å². The summed E-state index contributed by atoms with van der Waals surface area (Å²) in [5, 5.41) is 15.3. The molecule has 0 radical (unpaired) electrons. The van der Waals surface area contributed by atoms with Crippen LogP contribution in [0.1, 0.15) is 47.6 Å². The van der Waals surface area contributed by atoms with Crippen LogP contribution in [0.25, 0.3) is 4.96 Å². The molecule has 29 heavy (non-hydrogen) atoms. The van der Waals surface area contributed by atoms with E-state index in [-0.39, 0.29) is 23.8 Å². The van der Waals surface area contributed by atoms with Crippen LogP contribution in [0.2, 0.25) is 0 Å². The molecule has 0 saturated carbocycles. The van der Waals surface area contributed by atoms with Gasteiger partial charge in [0.1, 0.15) is 16.6 Å². The van der Waals surface area contributed by atoms with Crippen molar-refractivity contribution in [2.75, 3.05) is 19.7 Å². The molecule has 1 aromatic carbocycles. The average Bonchev–Trinajstić information content (AvgIpc) is 3.21. The third-order valence-electron chi connectivity index (χ3n) is 5.65. The second-order valence-corrected chi connectivity index (χ2v) is 8.65. The van der Waals surface area contributed by atoms with Crippen LogP contribution in [-0.4, -0.2) is 45.4 Å². The fraction of sp³-hybridized carbons (Fsp3) is 0.476. The number of carbonyl (C=O) groups excluding carboxylic acids is 1. The van der Waals surface area contributed by atoms with Crippen LogP contribution >= 0.6 is 11.3 Å². The summed E-state index contributed by atoms with van der Waals surface area (Å²) in [4.78, 5) is 19.6. The number of hydrogen-bond donors (Lipinski definition) is 2. The highest BCUT2D eigenvalue weighted by atomic mass is 32.1. The zero-order valence-corrected chi connectivity index (χ0v) is 17.8. The van der Waals surface area contributed by atoms with Crippen molar-refractivity contribution < 1.29 is 19.5 Å². The van der Waals surface area contributed by atoms with Crippen LogP contribution in [0.5, 0.6) is 5.88 Å². The monoisotopic (exact) mass is 415 g/mol. The Bertz CT molecular complexity index is 1030. The Kier molecular flexibility index (Phi) is 5.56. The molecule has 3 aromatic rings. The van der Waals surface area contributed by atoms with Crippen molar-refractivity contribution in [3.63, 3.8) is 0 Å². The third-order valence-corrected chi connectivity index (χ3v) is 6.74. The first-order valence-corrected chi connectivity index (χ1v) is 10.9. The van der Waals surface area contributed by atoms with Crippen molar-refractivity contribution in [1.82, 2.24) is 14.6 Å². The highest BCUT2D eigenvalue weighted by Crippen LogP contribution is 2.36. The Morgan fingerprint density at radius 3 is 2.93 bits per heavy atom. The van der Waals surface area contributed by atoms with E-state index in [0.717, 1.165) is 35.4 Å². The lowest BCUT2D eigenvalue weighted by molar-refractivity contribution is -0.932. The van der Waals surface area contributed by atoms with E-state index in [4.69, 9.17) is 4.74 Å². The van der Waals surface area contributed by atoms with E-state index >= 15 is 0 Å². The summed E-state index contributed by atoms with van der Waals surface area (Å²) < 4.78 is 6.81. The molecule has 1 unspecified atom stereocenters. The van der Waals surface area contributed by atoms with Crippen molar-refractivity contribution in [2.45, 2.75) is 39.7 Å². The Hall–Kier alpha value is -2.45. The number of likely N-dealkylation sites (tertiary alicyclic amines) is 1. The first-order valence-electron chi connectivity index (χ1n) is 10.1. The van der Waals surface area contributed by atoms with E-state index in [1.807, 2.05) is 26.0 Å². The summed E-state index contributed by atoms with van der Waals surface area (Å²) in [5.74, 6) is 0.551. The van der Waals surface area contributed by atoms with Crippen LogP contribution in [0, 0.1) is 19.8 Å². The molecule has 0 bridgehead atoms. The summed E-state index contributed by atoms with van der Waals surface area (Å²) >= 11 is 1.47. The van der Waals surface area contributed by atoms with Crippen LogP contribution in [0.4, 0.5) is 0 Å². The number of thiazole rings is 1. The van der Waals surface area contributed by atoms with Crippen LogP contribution in [-0.2, 0) is 9.53 Å². The number of piperidine rings is 1. The Balaban J connectivity index is 1.76. The molecule has 2 aromatic heterocycles. The third kappa shape index (κ3) is 3.74. The van der Waals surface area contributed by atoms with Gasteiger partial charge in [0.2, 0.25) is 10.8 Å². The maximum atomic E-state index is 12.4. The largest absolute Gasteiger partial charge is 0.492 e. The molecule has 4 rings (SSSR count). The lowest BCUT2D eigenvalue weighted by Crippen LogP contribution is -3.14. The number of esters is 1. The van der Waals surface area contributed by atoms with Crippen molar-refractivity contribution in [2.24, 2.45) is 5.92 Å². The topological polar surface area (TPSA) is 81.2 Å². The first-order chi connectivity index (χ1) is 14.0. The van der Waals surface area contributed by atoms with Gasteiger partial charge in [-0.1, -0.05) is 35.6 Å². The summed E-state index contributed by atoms with van der Waals surface area (Å²) in [6.45, 7) is 7.77. The van der Waals surface area contributed by atoms with Gasteiger partial charge in [0.05, 0.1) is 19.7 Å². The predicted molar refractivity (Wildman–Crippen MR) is 110 cm³/mol. The molecule has 8 heteroatoms. The second-order valence-electron chi connectivity index (χ2n) is 7.64. The fourth-order valence-electron chi connectivity index (χ4n) is 4.31. The van der Waals surface area contributed by atoms with Gasteiger partial charge in [0, 0.05) is 5.56 Å².